The molecule has 0 aliphatic heterocycles. The Morgan fingerprint density at radius 2 is 2.00 bits per heavy atom. The van der Waals surface area contributed by atoms with Crippen LogP contribution < -0.4 is 5.73 Å². The molecule has 0 aliphatic carbocycles. The summed E-state index contributed by atoms with van der Waals surface area (Å²) < 4.78 is 9.69. The normalized spacial score (nSPS) is 12.0. The van der Waals surface area contributed by atoms with Crippen LogP contribution in [-0.4, -0.2) is 56.2 Å². The quantitative estimate of drug-likeness (QED) is 0.598. The average Bonchev–Trinajstić information content (AvgIpc) is 2.32. The molecule has 1 atom stereocenters. The summed E-state index contributed by atoms with van der Waals surface area (Å²) >= 11 is 0. The summed E-state index contributed by atoms with van der Waals surface area (Å²) in [5.41, 5.74) is 5.65. The number of hydrogen-bond donors (Lipinski definition) is 1. The van der Waals surface area contributed by atoms with Crippen LogP contribution in [0.5, 0.6) is 0 Å². The molecule has 0 rings (SSSR count). The second-order valence-electron chi connectivity index (χ2n) is 3.57. The molecule has 0 aromatic rings. The van der Waals surface area contributed by atoms with Crippen molar-refractivity contribution in [2.75, 3.05) is 33.4 Å². The Morgan fingerprint density at radius 1 is 1.35 bits per heavy atom. The molecule has 0 bridgehead atoms. The Labute approximate surface area is 102 Å². The minimum atomic E-state index is -0.582. The number of rotatable bonds is 8. The van der Waals surface area contributed by atoms with E-state index in [1.807, 2.05) is 6.92 Å². The van der Waals surface area contributed by atoms with Gasteiger partial charge in [0.25, 0.3) is 0 Å². The molecule has 0 saturated carbocycles. The number of nitrogens with zero attached hydrogens (tertiary/aromatic N) is 1. The number of carbonyl (C=O) groups is 2. The fraction of sp³-hybridized carbons (Fsp3) is 0.818. The van der Waals surface area contributed by atoms with E-state index in [0.717, 1.165) is 0 Å². The van der Waals surface area contributed by atoms with Gasteiger partial charge in [0, 0.05) is 13.7 Å². The first-order valence-electron chi connectivity index (χ1n) is 5.75. The summed E-state index contributed by atoms with van der Waals surface area (Å²) in [6, 6.07) is -0.582. The molecular weight excluding hydrogens is 224 g/mol. The van der Waals surface area contributed by atoms with E-state index in [9.17, 15) is 9.59 Å². The Balaban J connectivity index is 4.41. The predicted octanol–water partition coefficient (Wildman–Crippen LogP) is -0.238. The topological polar surface area (TPSA) is 81.9 Å². The van der Waals surface area contributed by atoms with Gasteiger partial charge in [-0.2, -0.15) is 0 Å². The minimum Gasteiger partial charge on any atom is -0.465 e. The largest absolute Gasteiger partial charge is 0.465 e. The maximum atomic E-state index is 11.9. The van der Waals surface area contributed by atoms with Crippen LogP contribution in [0.3, 0.4) is 0 Å². The highest BCUT2D eigenvalue weighted by Crippen LogP contribution is 1.98. The molecule has 6 heteroatoms. The number of amides is 1. The number of esters is 1. The highest BCUT2D eigenvalue weighted by Gasteiger charge is 2.22. The van der Waals surface area contributed by atoms with E-state index in [1.54, 1.807) is 6.92 Å². The van der Waals surface area contributed by atoms with Gasteiger partial charge in [0.15, 0.2) is 0 Å². The SMILES string of the molecule is CCOC(=O)CN(CCOC)C(=O)[C@@H](N)CC. The molecule has 0 spiro atoms. The van der Waals surface area contributed by atoms with Crippen LogP contribution in [0.4, 0.5) is 0 Å². The summed E-state index contributed by atoms with van der Waals surface area (Å²) in [5.74, 6) is -0.683. The highest BCUT2D eigenvalue weighted by atomic mass is 16.5. The first kappa shape index (κ1) is 15.9. The zero-order valence-corrected chi connectivity index (χ0v) is 10.8. The summed E-state index contributed by atoms with van der Waals surface area (Å²) in [6.07, 6.45) is 0.533. The molecule has 0 fully saturated rings. The maximum Gasteiger partial charge on any atom is 0.325 e. The van der Waals surface area contributed by atoms with Crippen LogP contribution in [-0.2, 0) is 19.1 Å². The Morgan fingerprint density at radius 3 is 2.47 bits per heavy atom. The lowest BCUT2D eigenvalue weighted by atomic mass is 10.2. The molecule has 6 nitrogen and oxygen atoms in total. The van der Waals surface area contributed by atoms with Gasteiger partial charge in [0.05, 0.1) is 19.3 Å². The lowest BCUT2D eigenvalue weighted by Gasteiger charge is -2.24. The van der Waals surface area contributed by atoms with Crippen molar-refractivity contribution < 1.29 is 19.1 Å². The van der Waals surface area contributed by atoms with Gasteiger partial charge < -0.3 is 20.1 Å². The van der Waals surface area contributed by atoms with Crippen LogP contribution in [0, 0.1) is 0 Å². The van der Waals surface area contributed by atoms with Gasteiger partial charge in [-0.15, -0.1) is 0 Å². The molecule has 0 radical (unpaired) electrons. The maximum absolute atomic E-state index is 11.9. The van der Waals surface area contributed by atoms with Crippen molar-refractivity contribution in [1.29, 1.82) is 0 Å². The van der Waals surface area contributed by atoms with Crippen LogP contribution in [0.25, 0.3) is 0 Å². The van der Waals surface area contributed by atoms with Crippen molar-refractivity contribution in [3.63, 3.8) is 0 Å². The van der Waals surface area contributed by atoms with Crippen molar-refractivity contribution in [2.24, 2.45) is 5.73 Å². The standard InChI is InChI=1S/C11H22N2O4/c1-4-9(12)11(15)13(6-7-16-3)8-10(14)17-5-2/h9H,4-8,12H2,1-3H3/t9-/m0/s1. The predicted molar refractivity (Wildman–Crippen MR) is 63.4 cm³/mol. The molecule has 1 amide bonds. The molecule has 0 aliphatic rings. The number of methoxy groups -OCH3 is 1. The Bertz CT molecular complexity index is 246. The second kappa shape index (κ2) is 8.95. The first-order valence-corrected chi connectivity index (χ1v) is 5.75. The number of ether oxygens (including phenoxy) is 2. The first-order chi connectivity index (χ1) is 8.06. The van der Waals surface area contributed by atoms with Crippen LogP contribution in [0.15, 0.2) is 0 Å². The van der Waals surface area contributed by atoms with Gasteiger partial charge in [-0.05, 0) is 13.3 Å². The second-order valence-corrected chi connectivity index (χ2v) is 3.57. The van der Waals surface area contributed by atoms with E-state index < -0.39 is 12.0 Å². The van der Waals surface area contributed by atoms with Gasteiger partial charge >= 0.3 is 5.97 Å². The zero-order chi connectivity index (χ0) is 13.3. The molecule has 0 heterocycles. The zero-order valence-electron chi connectivity index (χ0n) is 10.8. The molecule has 100 valence electrons. The highest BCUT2D eigenvalue weighted by molar-refractivity contribution is 5.85. The number of nitrogens with two attached hydrogens (primary N) is 1. The summed E-state index contributed by atoms with van der Waals surface area (Å²) in [6.45, 7) is 4.45. The van der Waals surface area contributed by atoms with E-state index in [1.165, 1.54) is 12.0 Å². The molecule has 17 heavy (non-hydrogen) atoms. The summed E-state index contributed by atoms with van der Waals surface area (Å²) in [7, 11) is 1.53. The summed E-state index contributed by atoms with van der Waals surface area (Å²) in [5, 5.41) is 0. The van der Waals surface area contributed by atoms with Crippen molar-refractivity contribution in [2.45, 2.75) is 26.3 Å². The average molecular weight is 246 g/mol. The molecule has 2 N–H and O–H groups in total. The monoisotopic (exact) mass is 246 g/mol. The van der Waals surface area contributed by atoms with Gasteiger partial charge in [-0.25, -0.2) is 0 Å². The van der Waals surface area contributed by atoms with Crippen molar-refractivity contribution in [3.05, 3.63) is 0 Å². The van der Waals surface area contributed by atoms with Gasteiger partial charge in [0.2, 0.25) is 5.91 Å². The van der Waals surface area contributed by atoms with Crippen molar-refractivity contribution in [1.82, 2.24) is 4.90 Å². The van der Waals surface area contributed by atoms with Crippen LogP contribution in [0.2, 0.25) is 0 Å². The van der Waals surface area contributed by atoms with Crippen molar-refractivity contribution >= 4 is 11.9 Å². The van der Waals surface area contributed by atoms with Gasteiger partial charge in [-0.1, -0.05) is 6.92 Å². The molecular formula is C11H22N2O4. The Hall–Kier alpha value is -1.14. The fourth-order valence-electron chi connectivity index (χ4n) is 1.24. The molecule has 0 saturated heterocycles. The smallest absolute Gasteiger partial charge is 0.325 e. The van der Waals surface area contributed by atoms with Gasteiger partial charge in [-0.3, -0.25) is 9.59 Å². The third-order valence-corrected chi connectivity index (χ3v) is 2.26. The van der Waals surface area contributed by atoms with E-state index >= 15 is 0 Å². The fourth-order valence-corrected chi connectivity index (χ4v) is 1.24. The molecule has 0 unspecified atom stereocenters. The third kappa shape index (κ3) is 6.23. The number of carbonyl (C=O) groups excluding carboxylic acids is 2. The molecule has 0 aromatic carbocycles. The summed E-state index contributed by atoms with van der Waals surface area (Å²) in [4.78, 5) is 24.6. The van der Waals surface area contributed by atoms with E-state index in [-0.39, 0.29) is 12.5 Å². The number of hydrogen-bond acceptors (Lipinski definition) is 5. The van der Waals surface area contributed by atoms with Crippen LogP contribution in [0.1, 0.15) is 20.3 Å². The van der Waals surface area contributed by atoms with Crippen LogP contribution >= 0.6 is 0 Å². The Kier molecular flexibility index (Phi) is 8.35. The minimum absolute atomic E-state index is 0.0796. The lowest BCUT2D eigenvalue weighted by Crippen LogP contribution is -2.47. The van der Waals surface area contributed by atoms with E-state index in [0.29, 0.717) is 26.2 Å². The van der Waals surface area contributed by atoms with E-state index in [2.05, 4.69) is 0 Å². The lowest BCUT2D eigenvalue weighted by molar-refractivity contribution is -0.149. The van der Waals surface area contributed by atoms with Gasteiger partial charge in [0.1, 0.15) is 6.54 Å². The third-order valence-electron chi connectivity index (χ3n) is 2.26. The van der Waals surface area contributed by atoms with E-state index in [4.69, 9.17) is 15.2 Å². The van der Waals surface area contributed by atoms with Crippen molar-refractivity contribution in [3.8, 4) is 0 Å². The molecule has 0 aromatic heterocycles.